The first-order chi connectivity index (χ1) is 13.8. The van der Waals surface area contributed by atoms with Crippen molar-refractivity contribution < 1.29 is 18.0 Å². The van der Waals surface area contributed by atoms with Gasteiger partial charge in [0.2, 0.25) is 5.82 Å². The van der Waals surface area contributed by atoms with Crippen LogP contribution in [-0.4, -0.2) is 37.6 Å². The minimum atomic E-state index is -2.73. The molecule has 10 heteroatoms. The summed E-state index contributed by atoms with van der Waals surface area (Å²) in [5, 5.41) is 6.63. The summed E-state index contributed by atoms with van der Waals surface area (Å²) in [6.07, 6.45) is 0.242. The van der Waals surface area contributed by atoms with E-state index in [1.165, 1.54) is 11.0 Å². The number of amides is 1. The third-order valence-electron chi connectivity index (χ3n) is 4.73. The molecule has 150 valence electrons. The van der Waals surface area contributed by atoms with Crippen LogP contribution in [0.4, 0.5) is 13.2 Å². The van der Waals surface area contributed by atoms with Crippen molar-refractivity contribution in [3.8, 4) is 11.3 Å². The summed E-state index contributed by atoms with van der Waals surface area (Å²) in [6.45, 7) is 0.427. The second-order valence-corrected chi connectivity index (χ2v) is 6.70. The molecule has 3 heterocycles. The Kier molecular flexibility index (Phi) is 4.61. The van der Waals surface area contributed by atoms with Crippen LogP contribution < -0.4 is 5.32 Å². The smallest absolute Gasteiger partial charge is 0.294 e. The van der Waals surface area contributed by atoms with Gasteiger partial charge in [-0.05, 0) is 29.8 Å². The minimum absolute atomic E-state index is 0.107. The Hall–Kier alpha value is -3.56. The van der Waals surface area contributed by atoms with Gasteiger partial charge in [0.1, 0.15) is 18.0 Å². The lowest BCUT2D eigenvalue weighted by atomic mass is 10.0. The Morgan fingerprint density at radius 3 is 2.76 bits per heavy atom. The molecule has 0 unspecified atom stereocenters. The van der Waals surface area contributed by atoms with E-state index in [9.17, 15) is 18.0 Å². The Morgan fingerprint density at radius 2 is 2.07 bits per heavy atom. The van der Waals surface area contributed by atoms with Gasteiger partial charge in [-0.1, -0.05) is 0 Å². The second kappa shape index (κ2) is 7.12. The Labute approximate surface area is 163 Å². The molecule has 29 heavy (non-hydrogen) atoms. The number of nitrogens with one attached hydrogen (secondary N) is 2. The first kappa shape index (κ1) is 18.8. The van der Waals surface area contributed by atoms with Gasteiger partial charge in [-0.15, -0.1) is 0 Å². The van der Waals surface area contributed by atoms with Gasteiger partial charge in [0.05, 0.1) is 0 Å². The number of aryl methyl sites for hydroxylation is 1. The molecular weight excluding hydrogens is 385 g/mol. The average molecular weight is 402 g/mol. The van der Waals surface area contributed by atoms with Crippen LogP contribution in [0, 0.1) is 5.82 Å². The molecule has 0 atom stereocenters. The van der Waals surface area contributed by atoms with E-state index in [1.807, 2.05) is 0 Å². The van der Waals surface area contributed by atoms with E-state index in [4.69, 9.17) is 0 Å². The quantitative estimate of drug-likeness (QED) is 0.703. The molecule has 1 amide bonds. The molecule has 7 nitrogen and oxygen atoms in total. The molecule has 0 spiro atoms. The lowest BCUT2D eigenvalue weighted by Crippen LogP contribution is -2.35. The van der Waals surface area contributed by atoms with E-state index in [0.717, 1.165) is 23.8 Å². The highest BCUT2D eigenvalue weighted by atomic mass is 19.3. The zero-order valence-electron chi connectivity index (χ0n) is 15.6. The molecule has 0 saturated heterocycles. The summed E-state index contributed by atoms with van der Waals surface area (Å²) in [5.41, 5.74) is 1.73. The van der Waals surface area contributed by atoms with Crippen LogP contribution in [0.3, 0.4) is 0 Å². The minimum Gasteiger partial charge on any atom is -0.357 e. The predicted octanol–water partition coefficient (Wildman–Crippen LogP) is 3.06. The fourth-order valence-electron chi connectivity index (χ4n) is 3.26. The lowest BCUT2D eigenvalue weighted by molar-refractivity contribution is 0.0938. The van der Waals surface area contributed by atoms with Crippen molar-refractivity contribution in [2.45, 2.75) is 13.0 Å². The van der Waals surface area contributed by atoms with Gasteiger partial charge in [-0.2, -0.15) is 5.10 Å². The first-order valence-corrected chi connectivity index (χ1v) is 8.71. The van der Waals surface area contributed by atoms with Gasteiger partial charge in [-0.25, -0.2) is 22.8 Å². The molecule has 0 fully saturated rings. The SMILES string of the molecule is CN1Cc2cc(-c3cc(F)ccc3C(F)F)[nH]c2C=C1NC(=O)c1ncnn1C. The highest BCUT2D eigenvalue weighted by Gasteiger charge is 2.23. The van der Waals surface area contributed by atoms with Gasteiger partial charge >= 0.3 is 0 Å². The van der Waals surface area contributed by atoms with Gasteiger partial charge in [0.25, 0.3) is 12.3 Å². The van der Waals surface area contributed by atoms with E-state index < -0.39 is 18.1 Å². The van der Waals surface area contributed by atoms with Crippen LogP contribution in [0.15, 0.2) is 36.4 Å². The maximum atomic E-state index is 13.7. The highest BCUT2D eigenvalue weighted by Crippen LogP contribution is 2.34. The average Bonchev–Trinajstić information content (AvgIpc) is 3.27. The zero-order valence-corrected chi connectivity index (χ0v) is 15.6. The second-order valence-electron chi connectivity index (χ2n) is 6.70. The molecule has 2 N–H and O–H groups in total. The van der Waals surface area contributed by atoms with Crippen LogP contribution in [0.2, 0.25) is 0 Å². The first-order valence-electron chi connectivity index (χ1n) is 8.71. The fourth-order valence-corrected chi connectivity index (χ4v) is 3.26. The highest BCUT2D eigenvalue weighted by molar-refractivity contribution is 5.92. The molecule has 2 aromatic heterocycles. The molecule has 4 rings (SSSR count). The number of benzene rings is 1. The van der Waals surface area contributed by atoms with E-state index in [2.05, 4.69) is 20.4 Å². The van der Waals surface area contributed by atoms with Crippen molar-refractivity contribution in [2.75, 3.05) is 7.05 Å². The van der Waals surface area contributed by atoms with Crippen LogP contribution in [-0.2, 0) is 13.6 Å². The van der Waals surface area contributed by atoms with Crippen molar-refractivity contribution in [3.63, 3.8) is 0 Å². The number of nitrogens with zero attached hydrogens (tertiary/aromatic N) is 4. The van der Waals surface area contributed by atoms with E-state index in [-0.39, 0.29) is 17.0 Å². The number of halogens is 3. The van der Waals surface area contributed by atoms with Crippen molar-refractivity contribution in [3.05, 3.63) is 64.9 Å². The summed E-state index contributed by atoms with van der Waals surface area (Å²) in [5.74, 6) is -0.365. The standard InChI is InChI=1S/C19H17F3N6O/c1-27-8-10-5-15(13-6-11(20)3-4-12(13)17(21)22)25-14(10)7-16(27)26-19(29)18-23-9-24-28(18)2/h3-7,9,17,25H,8H2,1-2H3,(H,26,29). The molecule has 0 bridgehead atoms. The van der Waals surface area contributed by atoms with Gasteiger partial charge in [0.15, 0.2) is 0 Å². The van der Waals surface area contributed by atoms with Crippen molar-refractivity contribution >= 4 is 12.0 Å². The summed E-state index contributed by atoms with van der Waals surface area (Å²) >= 11 is 0. The maximum Gasteiger partial charge on any atom is 0.294 e. The maximum absolute atomic E-state index is 13.7. The van der Waals surface area contributed by atoms with Crippen molar-refractivity contribution in [1.29, 1.82) is 0 Å². The molecule has 1 aliphatic heterocycles. The van der Waals surface area contributed by atoms with Crippen molar-refractivity contribution in [2.24, 2.45) is 7.05 Å². The predicted molar refractivity (Wildman–Crippen MR) is 99.1 cm³/mol. The van der Waals surface area contributed by atoms with Crippen molar-refractivity contribution in [1.82, 2.24) is 30.0 Å². The van der Waals surface area contributed by atoms with Crippen LogP contribution in [0.1, 0.15) is 33.9 Å². The summed E-state index contributed by atoms with van der Waals surface area (Å²) in [7, 11) is 3.39. The number of hydrogen-bond acceptors (Lipinski definition) is 4. The molecule has 0 aliphatic carbocycles. The van der Waals surface area contributed by atoms with Crippen LogP contribution in [0.5, 0.6) is 0 Å². The van der Waals surface area contributed by atoms with E-state index >= 15 is 0 Å². The molecular formula is C19H17F3N6O. The number of hydrogen-bond donors (Lipinski definition) is 2. The number of alkyl halides is 2. The number of aromatic amines is 1. The third-order valence-corrected chi connectivity index (χ3v) is 4.73. The molecule has 0 saturated carbocycles. The summed E-state index contributed by atoms with van der Waals surface area (Å²) in [6, 6.07) is 4.90. The number of aromatic nitrogens is 4. The molecule has 1 aromatic carbocycles. The number of H-pyrrole nitrogens is 1. The number of rotatable bonds is 4. The van der Waals surface area contributed by atoms with Crippen LogP contribution >= 0.6 is 0 Å². The number of carbonyl (C=O) groups is 1. The fraction of sp³-hybridized carbons (Fsp3) is 0.211. The topological polar surface area (TPSA) is 78.8 Å². The Balaban J connectivity index is 1.67. The third kappa shape index (κ3) is 3.48. The van der Waals surface area contributed by atoms with Gasteiger partial charge < -0.3 is 15.2 Å². The molecule has 1 aliphatic rings. The Bertz CT molecular complexity index is 1120. The number of carbonyl (C=O) groups excluding carboxylic acids is 1. The normalized spacial score (nSPS) is 13.4. The van der Waals surface area contributed by atoms with Gasteiger partial charge in [0, 0.05) is 49.2 Å². The van der Waals surface area contributed by atoms with Gasteiger partial charge in [-0.3, -0.25) is 4.79 Å². The van der Waals surface area contributed by atoms with E-state index in [0.29, 0.717) is 23.8 Å². The van der Waals surface area contributed by atoms with Crippen LogP contribution in [0.25, 0.3) is 17.3 Å². The number of fused-ring (bicyclic) bond motifs is 1. The molecule has 3 aromatic rings. The summed E-state index contributed by atoms with van der Waals surface area (Å²) < 4.78 is 41.7. The molecule has 0 radical (unpaired) electrons. The summed E-state index contributed by atoms with van der Waals surface area (Å²) in [4.78, 5) is 21.2. The lowest BCUT2D eigenvalue weighted by Gasteiger charge is -2.26. The monoisotopic (exact) mass is 402 g/mol. The zero-order chi connectivity index (χ0) is 20.7. The van der Waals surface area contributed by atoms with E-state index in [1.54, 1.807) is 31.1 Å². The Morgan fingerprint density at radius 1 is 1.28 bits per heavy atom. The largest absolute Gasteiger partial charge is 0.357 e.